The van der Waals surface area contributed by atoms with E-state index in [4.69, 9.17) is 14.6 Å². The van der Waals surface area contributed by atoms with Crippen molar-refractivity contribution in [1.29, 1.82) is 0 Å². The topological polar surface area (TPSA) is 79.3 Å². The first-order chi connectivity index (χ1) is 12.6. The average Bonchev–Trinajstić information content (AvgIpc) is 2.55. The quantitative estimate of drug-likeness (QED) is 0.848. The first-order valence-electron chi connectivity index (χ1n) is 9.25. The SMILES string of the molecule is Cc1cc(C(=O)O)ccc1OCCN1CCN(C(=O)OC(C)(C)C)CC1C. The summed E-state index contributed by atoms with van der Waals surface area (Å²) in [5, 5.41) is 9.01. The van der Waals surface area contributed by atoms with Crippen molar-refractivity contribution in [2.75, 3.05) is 32.8 Å². The van der Waals surface area contributed by atoms with Crippen LogP contribution in [0.15, 0.2) is 18.2 Å². The number of aryl methyl sites for hydroxylation is 1. The first-order valence-corrected chi connectivity index (χ1v) is 9.25. The maximum atomic E-state index is 12.2. The molecule has 1 fully saturated rings. The molecule has 0 radical (unpaired) electrons. The molecular formula is C20H30N2O5. The van der Waals surface area contributed by atoms with Gasteiger partial charge in [0.2, 0.25) is 0 Å². The molecular weight excluding hydrogens is 348 g/mol. The molecule has 1 amide bonds. The lowest BCUT2D eigenvalue weighted by molar-refractivity contribution is 0.00428. The highest BCUT2D eigenvalue weighted by molar-refractivity contribution is 5.88. The number of carbonyl (C=O) groups is 2. The molecule has 2 rings (SSSR count). The molecule has 1 aliphatic heterocycles. The van der Waals surface area contributed by atoms with Gasteiger partial charge in [-0.2, -0.15) is 0 Å². The van der Waals surface area contributed by atoms with E-state index in [9.17, 15) is 9.59 Å². The van der Waals surface area contributed by atoms with Gasteiger partial charge in [-0.3, -0.25) is 4.90 Å². The van der Waals surface area contributed by atoms with E-state index in [1.165, 1.54) is 0 Å². The minimum absolute atomic E-state index is 0.213. The summed E-state index contributed by atoms with van der Waals surface area (Å²) in [5.41, 5.74) is 0.573. The Bertz CT molecular complexity index is 683. The van der Waals surface area contributed by atoms with E-state index in [0.29, 0.717) is 25.4 Å². The molecule has 1 saturated heterocycles. The van der Waals surface area contributed by atoms with E-state index in [-0.39, 0.29) is 17.7 Å². The van der Waals surface area contributed by atoms with Gasteiger partial charge in [0.15, 0.2) is 0 Å². The lowest BCUT2D eigenvalue weighted by Gasteiger charge is -2.40. The summed E-state index contributed by atoms with van der Waals surface area (Å²) in [6.45, 7) is 12.8. The van der Waals surface area contributed by atoms with Crippen LogP contribution in [-0.4, -0.2) is 71.4 Å². The number of benzene rings is 1. The van der Waals surface area contributed by atoms with Crippen LogP contribution in [0.1, 0.15) is 43.6 Å². The molecule has 0 aliphatic carbocycles. The molecule has 1 aromatic rings. The number of carboxylic acids is 1. The Labute approximate surface area is 160 Å². The number of amides is 1. The van der Waals surface area contributed by atoms with Crippen LogP contribution in [0.25, 0.3) is 0 Å². The highest BCUT2D eigenvalue weighted by Gasteiger charge is 2.29. The molecule has 1 unspecified atom stereocenters. The predicted molar refractivity (Wildman–Crippen MR) is 102 cm³/mol. The van der Waals surface area contributed by atoms with Crippen molar-refractivity contribution < 1.29 is 24.2 Å². The maximum absolute atomic E-state index is 12.2. The van der Waals surface area contributed by atoms with E-state index in [2.05, 4.69) is 11.8 Å². The van der Waals surface area contributed by atoms with E-state index in [1.807, 2.05) is 27.7 Å². The zero-order chi connectivity index (χ0) is 20.2. The van der Waals surface area contributed by atoms with Crippen molar-refractivity contribution in [2.24, 2.45) is 0 Å². The second kappa shape index (κ2) is 8.61. The summed E-state index contributed by atoms with van der Waals surface area (Å²) in [7, 11) is 0. The molecule has 1 aromatic carbocycles. The van der Waals surface area contributed by atoms with Gasteiger partial charge >= 0.3 is 12.1 Å². The van der Waals surface area contributed by atoms with Crippen molar-refractivity contribution in [3.8, 4) is 5.75 Å². The van der Waals surface area contributed by atoms with Gasteiger partial charge < -0.3 is 19.5 Å². The Morgan fingerprint density at radius 2 is 1.96 bits per heavy atom. The number of carbonyl (C=O) groups excluding carboxylic acids is 1. The molecule has 7 heteroatoms. The number of hydrogen-bond acceptors (Lipinski definition) is 5. The molecule has 1 atom stereocenters. The molecule has 150 valence electrons. The third-order valence-corrected chi connectivity index (χ3v) is 4.47. The molecule has 1 heterocycles. The molecule has 0 saturated carbocycles. The van der Waals surface area contributed by atoms with Gasteiger partial charge in [-0.15, -0.1) is 0 Å². The largest absolute Gasteiger partial charge is 0.492 e. The van der Waals surface area contributed by atoms with Crippen LogP contribution in [0.3, 0.4) is 0 Å². The lowest BCUT2D eigenvalue weighted by atomic mass is 10.1. The summed E-state index contributed by atoms with van der Waals surface area (Å²) >= 11 is 0. The number of hydrogen-bond donors (Lipinski definition) is 1. The fraction of sp³-hybridized carbons (Fsp3) is 0.600. The van der Waals surface area contributed by atoms with Crippen LogP contribution < -0.4 is 4.74 Å². The van der Waals surface area contributed by atoms with Crippen molar-refractivity contribution in [3.05, 3.63) is 29.3 Å². The van der Waals surface area contributed by atoms with Gasteiger partial charge in [0.05, 0.1) is 5.56 Å². The number of nitrogens with zero attached hydrogens (tertiary/aromatic N) is 2. The van der Waals surface area contributed by atoms with Crippen LogP contribution in [-0.2, 0) is 4.74 Å². The van der Waals surface area contributed by atoms with Crippen LogP contribution in [0, 0.1) is 6.92 Å². The minimum Gasteiger partial charge on any atom is -0.492 e. The van der Waals surface area contributed by atoms with E-state index < -0.39 is 11.6 Å². The predicted octanol–water partition coefficient (Wildman–Crippen LogP) is 3.01. The van der Waals surface area contributed by atoms with E-state index in [0.717, 1.165) is 18.7 Å². The number of aromatic carboxylic acids is 1. The molecule has 1 aliphatic rings. The number of ether oxygens (including phenoxy) is 2. The zero-order valence-corrected chi connectivity index (χ0v) is 16.8. The lowest BCUT2D eigenvalue weighted by Crippen LogP contribution is -2.55. The number of carboxylic acid groups (broad SMARTS) is 1. The van der Waals surface area contributed by atoms with Gasteiger partial charge in [-0.1, -0.05) is 0 Å². The molecule has 0 spiro atoms. The monoisotopic (exact) mass is 378 g/mol. The summed E-state index contributed by atoms with van der Waals surface area (Å²) in [6.07, 6.45) is -0.264. The van der Waals surface area contributed by atoms with Crippen molar-refractivity contribution in [3.63, 3.8) is 0 Å². The first kappa shape index (κ1) is 21.0. The maximum Gasteiger partial charge on any atom is 0.410 e. The third-order valence-electron chi connectivity index (χ3n) is 4.47. The molecule has 7 nitrogen and oxygen atoms in total. The van der Waals surface area contributed by atoms with Gasteiger partial charge in [0, 0.05) is 32.2 Å². The highest BCUT2D eigenvalue weighted by atomic mass is 16.6. The zero-order valence-electron chi connectivity index (χ0n) is 16.8. The average molecular weight is 378 g/mol. The summed E-state index contributed by atoms with van der Waals surface area (Å²) in [5.74, 6) is -0.249. The molecule has 0 bridgehead atoms. The normalized spacial score (nSPS) is 18.3. The smallest absolute Gasteiger partial charge is 0.410 e. The van der Waals surface area contributed by atoms with Crippen molar-refractivity contribution >= 4 is 12.1 Å². The van der Waals surface area contributed by atoms with Crippen molar-refractivity contribution in [2.45, 2.75) is 46.3 Å². The Morgan fingerprint density at radius 1 is 1.26 bits per heavy atom. The molecule has 0 aromatic heterocycles. The Balaban J connectivity index is 1.81. The van der Waals surface area contributed by atoms with Crippen LogP contribution >= 0.6 is 0 Å². The highest BCUT2D eigenvalue weighted by Crippen LogP contribution is 2.20. The van der Waals surface area contributed by atoms with Gasteiger partial charge in [-0.25, -0.2) is 9.59 Å². The fourth-order valence-corrected chi connectivity index (χ4v) is 3.04. The number of rotatable bonds is 5. The Hall–Kier alpha value is -2.28. The van der Waals surface area contributed by atoms with Crippen molar-refractivity contribution in [1.82, 2.24) is 9.80 Å². The van der Waals surface area contributed by atoms with E-state index in [1.54, 1.807) is 23.1 Å². The second-order valence-corrected chi connectivity index (χ2v) is 7.95. The minimum atomic E-state index is -0.943. The van der Waals surface area contributed by atoms with Gasteiger partial charge in [0.25, 0.3) is 0 Å². The number of piperazine rings is 1. The summed E-state index contributed by atoms with van der Waals surface area (Å²) in [4.78, 5) is 27.2. The molecule has 27 heavy (non-hydrogen) atoms. The molecule has 1 N–H and O–H groups in total. The van der Waals surface area contributed by atoms with Gasteiger partial charge in [-0.05, 0) is 58.4 Å². The standard InChI is InChI=1S/C20H30N2O5/c1-14-12-16(18(23)24)6-7-17(14)26-11-10-21-8-9-22(13-15(21)2)19(25)27-20(3,4)5/h6-7,12,15H,8-11,13H2,1-5H3,(H,23,24). The van der Waals surface area contributed by atoms with Crippen LogP contribution in [0.2, 0.25) is 0 Å². The van der Waals surface area contributed by atoms with E-state index >= 15 is 0 Å². The summed E-state index contributed by atoms with van der Waals surface area (Å²) < 4.78 is 11.3. The summed E-state index contributed by atoms with van der Waals surface area (Å²) in [6, 6.07) is 5.07. The Kier molecular flexibility index (Phi) is 6.70. The van der Waals surface area contributed by atoms with Crippen LogP contribution in [0.4, 0.5) is 4.79 Å². The fourth-order valence-electron chi connectivity index (χ4n) is 3.04. The van der Waals surface area contributed by atoms with Crippen LogP contribution in [0.5, 0.6) is 5.75 Å². The third kappa shape index (κ3) is 6.13. The Morgan fingerprint density at radius 3 is 2.52 bits per heavy atom. The second-order valence-electron chi connectivity index (χ2n) is 7.95. The van der Waals surface area contributed by atoms with Gasteiger partial charge in [0.1, 0.15) is 18.0 Å².